The quantitative estimate of drug-likeness (QED) is 0.781. The molecule has 0 saturated heterocycles. The van der Waals surface area contributed by atoms with Gasteiger partial charge in [0.25, 0.3) is 0 Å². The molecule has 0 aliphatic rings. The zero-order valence-electron chi connectivity index (χ0n) is 7.88. The summed E-state index contributed by atoms with van der Waals surface area (Å²) < 4.78 is 5.95. The van der Waals surface area contributed by atoms with Crippen LogP contribution in [0.1, 0.15) is 22.8 Å². The Morgan fingerprint density at radius 1 is 1.53 bits per heavy atom. The minimum absolute atomic E-state index is 0.309. The van der Waals surface area contributed by atoms with E-state index in [0.29, 0.717) is 26.7 Å². The van der Waals surface area contributed by atoms with Gasteiger partial charge in [0.15, 0.2) is 0 Å². The summed E-state index contributed by atoms with van der Waals surface area (Å²) in [5, 5.41) is 8.87. The van der Waals surface area contributed by atoms with Gasteiger partial charge in [-0.1, -0.05) is 0 Å². The van der Waals surface area contributed by atoms with Crippen LogP contribution in [0, 0.1) is 11.3 Å². The number of ether oxygens (including phenoxy) is 1. The lowest BCUT2D eigenvalue weighted by molar-refractivity contribution is 0.0525. The molecular formula is C10H7Br2NO2. The normalized spacial score (nSPS) is 9.47. The Labute approximate surface area is 104 Å². The van der Waals surface area contributed by atoms with E-state index in [1.54, 1.807) is 19.1 Å². The molecule has 0 aliphatic heterocycles. The summed E-state index contributed by atoms with van der Waals surface area (Å²) in [7, 11) is 0. The van der Waals surface area contributed by atoms with Crippen LogP contribution in [0.4, 0.5) is 0 Å². The van der Waals surface area contributed by atoms with Gasteiger partial charge in [0, 0.05) is 4.47 Å². The van der Waals surface area contributed by atoms with Gasteiger partial charge in [-0.05, 0) is 50.9 Å². The van der Waals surface area contributed by atoms with Crippen LogP contribution < -0.4 is 0 Å². The molecule has 0 unspecified atom stereocenters. The van der Waals surface area contributed by atoms with Crippen molar-refractivity contribution in [1.82, 2.24) is 0 Å². The fourth-order valence-electron chi connectivity index (χ4n) is 1.02. The number of halogens is 2. The van der Waals surface area contributed by atoms with Gasteiger partial charge >= 0.3 is 5.97 Å². The third-order valence-electron chi connectivity index (χ3n) is 1.70. The third kappa shape index (κ3) is 2.58. The van der Waals surface area contributed by atoms with E-state index in [2.05, 4.69) is 31.9 Å². The Bertz CT molecular complexity index is 438. The van der Waals surface area contributed by atoms with Crippen LogP contribution in [0.25, 0.3) is 0 Å². The number of hydrogen-bond donors (Lipinski definition) is 0. The van der Waals surface area contributed by atoms with Gasteiger partial charge in [0.05, 0.1) is 22.2 Å². The average Bonchev–Trinajstić information content (AvgIpc) is 2.18. The number of carbonyl (C=O) groups excluding carboxylic acids is 1. The molecule has 78 valence electrons. The van der Waals surface area contributed by atoms with Gasteiger partial charge in [0.2, 0.25) is 0 Å². The van der Waals surface area contributed by atoms with E-state index in [1.807, 2.05) is 6.07 Å². The Morgan fingerprint density at radius 2 is 2.20 bits per heavy atom. The van der Waals surface area contributed by atoms with Crippen molar-refractivity contribution >= 4 is 37.8 Å². The topological polar surface area (TPSA) is 50.1 Å². The van der Waals surface area contributed by atoms with Crippen LogP contribution >= 0.6 is 31.9 Å². The van der Waals surface area contributed by atoms with Crippen molar-refractivity contribution < 1.29 is 9.53 Å². The van der Waals surface area contributed by atoms with Crippen LogP contribution in [-0.4, -0.2) is 12.6 Å². The zero-order valence-corrected chi connectivity index (χ0v) is 11.1. The summed E-state index contributed by atoms with van der Waals surface area (Å²) in [5.74, 6) is -0.437. The van der Waals surface area contributed by atoms with Crippen molar-refractivity contribution in [1.29, 1.82) is 5.26 Å². The van der Waals surface area contributed by atoms with E-state index >= 15 is 0 Å². The first kappa shape index (κ1) is 12.2. The number of esters is 1. The van der Waals surface area contributed by atoms with Crippen LogP contribution in [0.2, 0.25) is 0 Å². The second kappa shape index (κ2) is 5.29. The minimum atomic E-state index is -0.437. The van der Waals surface area contributed by atoms with E-state index in [9.17, 15) is 4.79 Å². The first-order chi connectivity index (χ1) is 7.11. The van der Waals surface area contributed by atoms with Gasteiger partial charge in [-0.15, -0.1) is 0 Å². The molecule has 0 N–H and O–H groups in total. The van der Waals surface area contributed by atoms with Crippen LogP contribution in [0.3, 0.4) is 0 Å². The van der Waals surface area contributed by atoms with Gasteiger partial charge in [-0.25, -0.2) is 4.79 Å². The highest BCUT2D eigenvalue weighted by Crippen LogP contribution is 2.28. The summed E-state index contributed by atoms with van der Waals surface area (Å²) in [6.45, 7) is 2.04. The summed E-state index contributed by atoms with van der Waals surface area (Å²) >= 11 is 6.43. The predicted molar refractivity (Wildman–Crippen MR) is 62.5 cm³/mol. The van der Waals surface area contributed by atoms with Crippen LogP contribution in [0.5, 0.6) is 0 Å². The molecule has 0 aromatic heterocycles. The molecule has 5 heteroatoms. The minimum Gasteiger partial charge on any atom is -0.462 e. The Morgan fingerprint density at radius 3 is 2.73 bits per heavy atom. The van der Waals surface area contributed by atoms with Crippen LogP contribution in [-0.2, 0) is 4.74 Å². The van der Waals surface area contributed by atoms with E-state index in [0.717, 1.165) is 0 Å². The summed E-state index contributed by atoms with van der Waals surface area (Å²) in [5.41, 5.74) is 0.747. The highest BCUT2D eigenvalue weighted by Gasteiger charge is 2.15. The number of rotatable bonds is 2. The molecule has 0 fully saturated rings. The number of carbonyl (C=O) groups is 1. The molecular weight excluding hydrogens is 326 g/mol. The molecule has 1 rings (SSSR count). The van der Waals surface area contributed by atoms with Crippen molar-refractivity contribution in [2.75, 3.05) is 6.61 Å². The molecule has 0 radical (unpaired) electrons. The second-order valence-corrected chi connectivity index (χ2v) is 4.26. The largest absolute Gasteiger partial charge is 0.462 e. The van der Waals surface area contributed by atoms with Crippen molar-refractivity contribution in [3.63, 3.8) is 0 Å². The molecule has 1 aromatic rings. The zero-order chi connectivity index (χ0) is 11.4. The first-order valence-corrected chi connectivity index (χ1v) is 5.75. The number of hydrogen-bond acceptors (Lipinski definition) is 3. The van der Waals surface area contributed by atoms with Crippen LogP contribution in [0.15, 0.2) is 21.1 Å². The van der Waals surface area contributed by atoms with Gasteiger partial charge < -0.3 is 4.74 Å². The molecule has 0 atom stereocenters. The Hall–Kier alpha value is -0.860. The molecule has 0 bridgehead atoms. The lowest BCUT2D eigenvalue weighted by Gasteiger charge is -2.06. The fourth-order valence-corrected chi connectivity index (χ4v) is 2.30. The van der Waals surface area contributed by atoms with E-state index in [1.165, 1.54) is 0 Å². The summed E-state index contributed by atoms with van der Waals surface area (Å²) in [6.07, 6.45) is 0. The maximum absolute atomic E-state index is 11.5. The average molecular weight is 333 g/mol. The predicted octanol–water partition coefficient (Wildman–Crippen LogP) is 3.26. The molecule has 3 nitrogen and oxygen atoms in total. The Kier molecular flexibility index (Phi) is 4.30. The molecule has 0 aliphatic carbocycles. The first-order valence-electron chi connectivity index (χ1n) is 4.17. The molecule has 0 saturated carbocycles. The van der Waals surface area contributed by atoms with Gasteiger partial charge in [-0.3, -0.25) is 0 Å². The van der Waals surface area contributed by atoms with Crippen molar-refractivity contribution in [2.24, 2.45) is 0 Å². The third-order valence-corrected chi connectivity index (χ3v) is 3.18. The molecule has 1 aromatic carbocycles. The fraction of sp³-hybridized carbons (Fsp3) is 0.200. The SMILES string of the molecule is CCOC(=O)c1ccc(Br)c(C#N)c1Br. The standard InChI is InChI=1S/C10H7Br2NO2/c1-2-15-10(14)6-3-4-8(11)7(5-13)9(6)12/h3-4H,2H2,1H3. The van der Waals surface area contributed by atoms with E-state index in [-0.39, 0.29) is 0 Å². The van der Waals surface area contributed by atoms with Crippen molar-refractivity contribution in [2.45, 2.75) is 6.92 Å². The summed E-state index contributed by atoms with van der Waals surface area (Å²) in [4.78, 5) is 11.5. The second-order valence-electron chi connectivity index (χ2n) is 2.62. The number of benzene rings is 1. The molecule has 0 spiro atoms. The number of nitrogens with zero attached hydrogens (tertiary/aromatic N) is 1. The van der Waals surface area contributed by atoms with Gasteiger partial charge in [-0.2, -0.15) is 5.26 Å². The summed E-state index contributed by atoms with van der Waals surface area (Å²) in [6, 6.07) is 5.25. The lowest BCUT2D eigenvalue weighted by Crippen LogP contribution is -2.06. The number of nitriles is 1. The highest BCUT2D eigenvalue weighted by molar-refractivity contribution is 9.11. The smallest absolute Gasteiger partial charge is 0.339 e. The monoisotopic (exact) mass is 331 g/mol. The van der Waals surface area contributed by atoms with Gasteiger partial charge in [0.1, 0.15) is 6.07 Å². The van der Waals surface area contributed by atoms with E-state index < -0.39 is 5.97 Å². The Balaban J connectivity index is 3.23. The molecule has 15 heavy (non-hydrogen) atoms. The molecule has 0 amide bonds. The highest BCUT2D eigenvalue weighted by atomic mass is 79.9. The van der Waals surface area contributed by atoms with E-state index in [4.69, 9.17) is 10.00 Å². The maximum atomic E-state index is 11.5. The lowest BCUT2D eigenvalue weighted by atomic mass is 10.1. The molecule has 0 heterocycles. The maximum Gasteiger partial charge on any atom is 0.339 e. The van der Waals surface area contributed by atoms with Crippen molar-refractivity contribution in [3.05, 3.63) is 32.2 Å². The van der Waals surface area contributed by atoms with Crippen molar-refractivity contribution in [3.8, 4) is 6.07 Å².